The average molecular weight is 354 g/mol. The van der Waals surface area contributed by atoms with E-state index in [1.165, 1.54) is 5.56 Å². The summed E-state index contributed by atoms with van der Waals surface area (Å²) in [5.74, 6) is 0.113. The van der Waals surface area contributed by atoms with Crippen molar-refractivity contribution in [2.24, 2.45) is 11.7 Å². The Balaban J connectivity index is 0.00000288. The van der Waals surface area contributed by atoms with Crippen LogP contribution in [0.3, 0.4) is 0 Å². The minimum absolute atomic E-state index is 0. The highest BCUT2D eigenvalue weighted by Gasteiger charge is 2.33. The monoisotopic (exact) mass is 353 g/mol. The number of hydrogen-bond donors (Lipinski definition) is 2. The number of likely N-dealkylation sites (tertiary alicyclic amines) is 1. The third-order valence-corrected chi connectivity index (χ3v) is 4.60. The molecule has 1 heterocycles. The first-order valence-electron chi connectivity index (χ1n) is 8.27. The van der Waals surface area contributed by atoms with Gasteiger partial charge in [-0.3, -0.25) is 9.59 Å². The number of nitrogens with two attached hydrogens (primary N) is 1. The fourth-order valence-electron chi connectivity index (χ4n) is 3.03. The van der Waals surface area contributed by atoms with E-state index in [9.17, 15) is 9.59 Å². The van der Waals surface area contributed by atoms with Crippen molar-refractivity contribution in [3.8, 4) is 0 Å². The smallest absolute Gasteiger partial charge is 0.242 e. The molecule has 1 aliphatic rings. The zero-order valence-corrected chi connectivity index (χ0v) is 15.4. The molecule has 3 atom stereocenters. The fraction of sp³-hybridized carbons (Fsp3) is 0.556. The summed E-state index contributed by atoms with van der Waals surface area (Å²) in [5, 5.41) is 2.66. The average Bonchev–Trinajstić information content (AvgIpc) is 2.94. The second-order valence-corrected chi connectivity index (χ2v) is 6.73. The Morgan fingerprint density at radius 2 is 1.92 bits per heavy atom. The Hall–Kier alpha value is -1.59. The molecular formula is C18H28ClN3O2. The fourth-order valence-corrected chi connectivity index (χ4v) is 3.03. The zero-order valence-electron chi connectivity index (χ0n) is 14.6. The van der Waals surface area contributed by atoms with E-state index < -0.39 is 6.04 Å². The summed E-state index contributed by atoms with van der Waals surface area (Å²) in [7, 11) is 0. The van der Waals surface area contributed by atoms with Crippen molar-refractivity contribution in [3.05, 3.63) is 35.9 Å². The molecule has 2 rings (SSSR count). The standard InChI is InChI=1S/C18H27N3O2.ClH/c1-12(2)17(19)18(23)20-10-16(22)21-11-15(9-13(21)3)14-7-5-4-6-8-14;/h4-8,12-13,15,17H,9-11,19H2,1-3H3,(H,20,23);1H/t13?,15?,17-;/m0./s1. The number of hydrogen-bond acceptors (Lipinski definition) is 3. The number of nitrogens with zero attached hydrogens (tertiary/aromatic N) is 1. The minimum atomic E-state index is -0.573. The van der Waals surface area contributed by atoms with Gasteiger partial charge in [-0.1, -0.05) is 44.2 Å². The van der Waals surface area contributed by atoms with Crippen LogP contribution in [0.1, 0.15) is 38.7 Å². The Kier molecular flexibility index (Phi) is 7.70. The van der Waals surface area contributed by atoms with Crippen molar-refractivity contribution in [2.45, 2.75) is 45.2 Å². The van der Waals surface area contributed by atoms with Gasteiger partial charge < -0.3 is 16.0 Å². The number of carbonyl (C=O) groups is 2. The first-order valence-corrected chi connectivity index (χ1v) is 8.27. The molecule has 2 amide bonds. The molecule has 1 aromatic rings. The van der Waals surface area contributed by atoms with Crippen molar-refractivity contribution in [2.75, 3.05) is 13.1 Å². The molecule has 1 fully saturated rings. The SMILES string of the molecule is CC(C)[C@H](N)C(=O)NCC(=O)N1CC(c2ccccc2)CC1C.Cl. The number of nitrogens with one attached hydrogen (secondary N) is 1. The second-order valence-electron chi connectivity index (χ2n) is 6.73. The second kappa shape index (κ2) is 9.04. The molecular weight excluding hydrogens is 326 g/mol. The van der Waals surface area contributed by atoms with E-state index in [0.717, 1.165) is 6.42 Å². The van der Waals surface area contributed by atoms with Gasteiger partial charge in [0.2, 0.25) is 11.8 Å². The van der Waals surface area contributed by atoms with Crippen molar-refractivity contribution < 1.29 is 9.59 Å². The topological polar surface area (TPSA) is 75.4 Å². The highest BCUT2D eigenvalue weighted by Crippen LogP contribution is 2.31. The summed E-state index contributed by atoms with van der Waals surface area (Å²) < 4.78 is 0. The summed E-state index contributed by atoms with van der Waals surface area (Å²) >= 11 is 0. The van der Waals surface area contributed by atoms with Gasteiger partial charge in [0.05, 0.1) is 12.6 Å². The van der Waals surface area contributed by atoms with Crippen LogP contribution >= 0.6 is 12.4 Å². The number of halogens is 1. The van der Waals surface area contributed by atoms with Gasteiger partial charge in [0.25, 0.3) is 0 Å². The van der Waals surface area contributed by atoms with Gasteiger partial charge in [-0.15, -0.1) is 12.4 Å². The number of rotatable bonds is 5. The van der Waals surface area contributed by atoms with Crippen LogP contribution in [-0.4, -0.2) is 41.9 Å². The Bertz CT molecular complexity index is 550. The molecule has 0 bridgehead atoms. The third-order valence-electron chi connectivity index (χ3n) is 4.60. The Morgan fingerprint density at radius 1 is 1.29 bits per heavy atom. The van der Waals surface area contributed by atoms with Gasteiger partial charge in [-0.25, -0.2) is 0 Å². The molecule has 0 radical (unpaired) electrons. The van der Waals surface area contributed by atoms with Crippen LogP contribution in [0.25, 0.3) is 0 Å². The molecule has 1 aliphatic heterocycles. The van der Waals surface area contributed by atoms with Crippen molar-refractivity contribution >= 4 is 24.2 Å². The summed E-state index contributed by atoms with van der Waals surface area (Å²) in [6.07, 6.45) is 0.954. The molecule has 0 aromatic heterocycles. The van der Waals surface area contributed by atoms with Crippen LogP contribution < -0.4 is 11.1 Å². The molecule has 1 aromatic carbocycles. The lowest BCUT2D eigenvalue weighted by molar-refractivity contribution is -0.133. The first-order chi connectivity index (χ1) is 10.9. The van der Waals surface area contributed by atoms with Crippen molar-refractivity contribution in [3.63, 3.8) is 0 Å². The number of benzene rings is 1. The molecule has 0 spiro atoms. The predicted octanol–water partition coefficient (Wildman–Crippen LogP) is 1.91. The zero-order chi connectivity index (χ0) is 17.0. The van der Waals surface area contributed by atoms with Crippen molar-refractivity contribution in [1.82, 2.24) is 10.2 Å². The first kappa shape index (κ1) is 20.5. The maximum absolute atomic E-state index is 12.4. The van der Waals surface area contributed by atoms with Gasteiger partial charge in [0.15, 0.2) is 0 Å². The van der Waals surface area contributed by atoms with Gasteiger partial charge in [-0.05, 0) is 24.8 Å². The van der Waals surface area contributed by atoms with E-state index in [0.29, 0.717) is 12.5 Å². The van der Waals surface area contributed by atoms with E-state index in [1.54, 1.807) is 0 Å². The predicted molar refractivity (Wildman–Crippen MR) is 98.0 cm³/mol. The highest BCUT2D eigenvalue weighted by molar-refractivity contribution is 5.87. The third kappa shape index (κ3) is 4.95. The Morgan fingerprint density at radius 3 is 2.50 bits per heavy atom. The largest absolute Gasteiger partial charge is 0.346 e. The van der Waals surface area contributed by atoms with Crippen LogP contribution in [-0.2, 0) is 9.59 Å². The van der Waals surface area contributed by atoms with E-state index in [1.807, 2.05) is 36.9 Å². The van der Waals surface area contributed by atoms with Gasteiger partial charge in [0, 0.05) is 18.5 Å². The van der Waals surface area contributed by atoms with Crippen LogP contribution in [0.5, 0.6) is 0 Å². The molecule has 2 unspecified atom stereocenters. The molecule has 1 saturated heterocycles. The maximum Gasteiger partial charge on any atom is 0.242 e. The van der Waals surface area contributed by atoms with Crippen LogP contribution in [0.4, 0.5) is 0 Å². The van der Waals surface area contributed by atoms with Crippen LogP contribution in [0.15, 0.2) is 30.3 Å². The quantitative estimate of drug-likeness (QED) is 0.849. The lowest BCUT2D eigenvalue weighted by Gasteiger charge is -2.22. The van der Waals surface area contributed by atoms with Crippen LogP contribution in [0.2, 0.25) is 0 Å². The van der Waals surface area contributed by atoms with Crippen molar-refractivity contribution in [1.29, 1.82) is 0 Å². The lowest BCUT2D eigenvalue weighted by atomic mass is 9.97. The molecule has 24 heavy (non-hydrogen) atoms. The Labute approximate surface area is 150 Å². The van der Waals surface area contributed by atoms with E-state index in [4.69, 9.17) is 5.73 Å². The normalized spacial score (nSPS) is 21.3. The summed E-state index contributed by atoms with van der Waals surface area (Å²) in [6, 6.07) is 9.87. The van der Waals surface area contributed by atoms with E-state index >= 15 is 0 Å². The molecule has 0 aliphatic carbocycles. The van der Waals surface area contributed by atoms with Gasteiger partial charge in [0.1, 0.15) is 0 Å². The maximum atomic E-state index is 12.4. The summed E-state index contributed by atoms with van der Waals surface area (Å²) in [5.41, 5.74) is 7.05. The molecule has 134 valence electrons. The van der Waals surface area contributed by atoms with E-state index in [2.05, 4.69) is 24.4 Å². The summed E-state index contributed by atoms with van der Waals surface area (Å²) in [4.78, 5) is 26.1. The minimum Gasteiger partial charge on any atom is -0.346 e. The van der Waals surface area contributed by atoms with Gasteiger partial charge in [-0.2, -0.15) is 0 Å². The highest BCUT2D eigenvalue weighted by atomic mass is 35.5. The molecule has 5 nitrogen and oxygen atoms in total. The van der Waals surface area contributed by atoms with Gasteiger partial charge >= 0.3 is 0 Å². The molecule has 0 saturated carbocycles. The number of carbonyl (C=O) groups excluding carboxylic acids is 2. The summed E-state index contributed by atoms with van der Waals surface area (Å²) in [6.45, 7) is 6.56. The van der Waals surface area contributed by atoms with Crippen LogP contribution in [0, 0.1) is 5.92 Å². The van der Waals surface area contributed by atoms with E-state index in [-0.39, 0.29) is 42.7 Å². The number of amides is 2. The lowest BCUT2D eigenvalue weighted by Crippen LogP contribution is -2.48. The molecule has 3 N–H and O–H groups in total. The molecule has 6 heteroatoms.